The predicted molar refractivity (Wildman–Crippen MR) is 61.0 cm³/mol. The maximum absolute atomic E-state index is 11.7. The number of amides is 1. The van der Waals surface area contributed by atoms with Gasteiger partial charge in [0.15, 0.2) is 0 Å². The highest BCUT2D eigenvalue weighted by Gasteiger charge is 2.32. The molecule has 1 aromatic rings. The molecule has 0 unspecified atom stereocenters. The van der Waals surface area contributed by atoms with Crippen LogP contribution in [0.3, 0.4) is 0 Å². The minimum Gasteiger partial charge on any atom is -0.472 e. The van der Waals surface area contributed by atoms with Gasteiger partial charge in [-0.05, 0) is 30.9 Å². The van der Waals surface area contributed by atoms with Gasteiger partial charge in [0.05, 0.1) is 11.8 Å². The molecule has 1 aliphatic carbocycles. The molecule has 1 heterocycles. The van der Waals surface area contributed by atoms with Crippen molar-refractivity contribution in [3.05, 3.63) is 24.2 Å². The fraction of sp³-hybridized carbons (Fsp3) is 0.583. The van der Waals surface area contributed by atoms with E-state index in [-0.39, 0.29) is 11.3 Å². The summed E-state index contributed by atoms with van der Waals surface area (Å²) in [6, 6.07) is 1.67. The Labute approximate surface area is 95.2 Å². The third-order valence-electron chi connectivity index (χ3n) is 3.50. The van der Waals surface area contributed by atoms with E-state index < -0.39 is 0 Å². The summed E-state index contributed by atoms with van der Waals surface area (Å²) in [4.78, 5) is 11.7. The fourth-order valence-corrected chi connectivity index (χ4v) is 2.34. The number of hydrogen-bond donors (Lipinski definition) is 2. The second kappa shape index (κ2) is 4.70. The summed E-state index contributed by atoms with van der Waals surface area (Å²) >= 11 is 0. The number of nitrogens with two attached hydrogens (primary N) is 1. The first-order chi connectivity index (χ1) is 7.76. The minimum absolute atomic E-state index is 0.0755. The average Bonchev–Trinajstić information content (AvgIpc) is 2.98. The molecule has 2 rings (SSSR count). The molecule has 4 nitrogen and oxygen atoms in total. The maximum atomic E-state index is 11.7. The number of carbonyl (C=O) groups is 1. The first kappa shape index (κ1) is 11.2. The minimum atomic E-state index is -0.0755. The van der Waals surface area contributed by atoms with Crippen molar-refractivity contribution in [3.8, 4) is 0 Å². The monoisotopic (exact) mass is 222 g/mol. The van der Waals surface area contributed by atoms with Crippen molar-refractivity contribution in [2.75, 3.05) is 13.1 Å². The van der Waals surface area contributed by atoms with E-state index in [1.165, 1.54) is 25.4 Å². The summed E-state index contributed by atoms with van der Waals surface area (Å²) in [5.74, 6) is -0.0755. The van der Waals surface area contributed by atoms with E-state index in [9.17, 15) is 4.79 Å². The zero-order chi connectivity index (χ0) is 11.4. The highest BCUT2D eigenvalue weighted by molar-refractivity contribution is 5.93. The Bertz CT molecular complexity index is 340. The van der Waals surface area contributed by atoms with E-state index >= 15 is 0 Å². The third-order valence-corrected chi connectivity index (χ3v) is 3.50. The summed E-state index contributed by atoms with van der Waals surface area (Å²) in [6.45, 7) is 1.33. The molecule has 0 saturated heterocycles. The number of nitrogens with one attached hydrogen (secondary N) is 1. The molecule has 1 saturated carbocycles. The molecule has 1 fully saturated rings. The van der Waals surface area contributed by atoms with E-state index in [0.717, 1.165) is 12.8 Å². The standard InChI is InChI=1S/C12H18N2O2/c13-8-12(4-1-2-5-12)9-14-11(15)10-3-6-16-7-10/h3,6-7H,1-2,4-5,8-9,13H2,(H,14,15). The quantitative estimate of drug-likeness (QED) is 0.811. The van der Waals surface area contributed by atoms with Crippen molar-refractivity contribution in [2.45, 2.75) is 25.7 Å². The van der Waals surface area contributed by atoms with Gasteiger partial charge in [0.1, 0.15) is 6.26 Å². The van der Waals surface area contributed by atoms with Crippen LogP contribution >= 0.6 is 0 Å². The zero-order valence-electron chi connectivity index (χ0n) is 9.37. The summed E-state index contributed by atoms with van der Waals surface area (Å²) in [6.07, 6.45) is 7.64. The van der Waals surface area contributed by atoms with E-state index in [4.69, 9.17) is 10.2 Å². The average molecular weight is 222 g/mol. The molecule has 1 aromatic heterocycles. The Hall–Kier alpha value is -1.29. The molecule has 0 aromatic carbocycles. The van der Waals surface area contributed by atoms with Gasteiger partial charge < -0.3 is 15.5 Å². The first-order valence-corrected chi connectivity index (χ1v) is 5.76. The SMILES string of the molecule is NCC1(CNC(=O)c2ccoc2)CCCC1. The van der Waals surface area contributed by atoms with Gasteiger partial charge in [-0.15, -0.1) is 0 Å². The van der Waals surface area contributed by atoms with Crippen LogP contribution in [0, 0.1) is 5.41 Å². The van der Waals surface area contributed by atoms with Gasteiger partial charge in [-0.3, -0.25) is 4.79 Å². The van der Waals surface area contributed by atoms with E-state index in [0.29, 0.717) is 18.7 Å². The molecular formula is C12H18N2O2. The predicted octanol–water partition coefficient (Wildman–Crippen LogP) is 1.53. The van der Waals surface area contributed by atoms with Gasteiger partial charge in [-0.1, -0.05) is 12.8 Å². The first-order valence-electron chi connectivity index (χ1n) is 5.76. The number of carbonyl (C=O) groups excluding carboxylic acids is 1. The van der Waals surface area contributed by atoms with Crippen LogP contribution in [-0.2, 0) is 0 Å². The second-order valence-electron chi connectivity index (χ2n) is 4.61. The number of furan rings is 1. The van der Waals surface area contributed by atoms with Crippen LogP contribution in [0.15, 0.2) is 23.0 Å². The molecule has 1 amide bonds. The molecule has 0 aliphatic heterocycles. The van der Waals surface area contributed by atoms with Crippen molar-refractivity contribution in [2.24, 2.45) is 11.1 Å². The Morgan fingerprint density at radius 2 is 2.25 bits per heavy atom. The van der Waals surface area contributed by atoms with Gasteiger partial charge >= 0.3 is 0 Å². The van der Waals surface area contributed by atoms with Crippen LogP contribution in [0.5, 0.6) is 0 Å². The summed E-state index contributed by atoms with van der Waals surface area (Å²) < 4.78 is 4.87. The molecule has 3 N–H and O–H groups in total. The molecule has 16 heavy (non-hydrogen) atoms. The molecule has 0 atom stereocenters. The van der Waals surface area contributed by atoms with Gasteiger partial charge in [0.2, 0.25) is 0 Å². The largest absolute Gasteiger partial charge is 0.472 e. The molecule has 1 aliphatic rings. The van der Waals surface area contributed by atoms with Crippen LogP contribution in [-0.4, -0.2) is 19.0 Å². The summed E-state index contributed by atoms with van der Waals surface area (Å²) in [5, 5.41) is 2.94. The highest BCUT2D eigenvalue weighted by Crippen LogP contribution is 2.36. The lowest BCUT2D eigenvalue weighted by Gasteiger charge is -2.27. The Morgan fingerprint density at radius 1 is 1.50 bits per heavy atom. The smallest absolute Gasteiger partial charge is 0.254 e. The lowest BCUT2D eigenvalue weighted by molar-refractivity contribution is 0.0931. The van der Waals surface area contributed by atoms with Gasteiger partial charge in [-0.25, -0.2) is 0 Å². The van der Waals surface area contributed by atoms with E-state index in [2.05, 4.69) is 5.32 Å². The van der Waals surface area contributed by atoms with Crippen LogP contribution < -0.4 is 11.1 Å². The maximum Gasteiger partial charge on any atom is 0.254 e. The molecule has 0 radical (unpaired) electrons. The Morgan fingerprint density at radius 3 is 2.81 bits per heavy atom. The summed E-state index contributed by atoms with van der Waals surface area (Å²) in [5.41, 5.74) is 6.50. The Balaban J connectivity index is 1.89. The lowest BCUT2D eigenvalue weighted by Crippen LogP contribution is -2.40. The molecular weight excluding hydrogens is 204 g/mol. The van der Waals surface area contributed by atoms with E-state index in [1.54, 1.807) is 6.07 Å². The highest BCUT2D eigenvalue weighted by atomic mass is 16.3. The van der Waals surface area contributed by atoms with Crippen LogP contribution in [0.4, 0.5) is 0 Å². The lowest BCUT2D eigenvalue weighted by atomic mass is 9.86. The van der Waals surface area contributed by atoms with Crippen LogP contribution in [0.2, 0.25) is 0 Å². The molecule has 0 bridgehead atoms. The molecule has 4 heteroatoms. The van der Waals surface area contributed by atoms with Crippen molar-refractivity contribution < 1.29 is 9.21 Å². The Kier molecular flexibility index (Phi) is 3.29. The van der Waals surface area contributed by atoms with Crippen molar-refractivity contribution in [3.63, 3.8) is 0 Å². The third kappa shape index (κ3) is 2.27. The summed E-state index contributed by atoms with van der Waals surface area (Å²) in [7, 11) is 0. The van der Waals surface area contributed by atoms with Crippen molar-refractivity contribution in [1.29, 1.82) is 0 Å². The zero-order valence-corrected chi connectivity index (χ0v) is 9.37. The van der Waals surface area contributed by atoms with Gasteiger partial charge in [-0.2, -0.15) is 0 Å². The van der Waals surface area contributed by atoms with E-state index in [1.807, 2.05) is 0 Å². The van der Waals surface area contributed by atoms with Gasteiger partial charge in [0, 0.05) is 6.54 Å². The van der Waals surface area contributed by atoms with Gasteiger partial charge in [0.25, 0.3) is 5.91 Å². The van der Waals surface area contributed by atoms with Crippen LogP contribution in [0.25, 0.3) is 0 Å². The normalized spacial score (nSPS) is 18.6. The second-order valence-corrected chi connectivity index (χ2v) is 4.61. The number of hydrogen-bond acceptors (Lipinski definition) is 3. The number of rotatable bonds is 4. The fourth-order valence-electron chi connectivity index (χ4n) is 2.34. The van der Waals surface area contributed by atoms with Crippen LogP contribution in [0.1, 0.15) is 36.0 Å². The van der Waals surface area contributed by atoms with Crippen molar-refractivity contribution in [1.82, 2.24) is 5.32 Å². The molecule has 88 valence electrons. The topological polar surface area (TPSA) is 68.3 Å². The van der Waals surface area contributed by atoms with Crippen molar-refractivity contribution >= 4 is 5.91 Å². The molecule has 0 spiro atoms.